The molecule has 3 heterocycles. The first-order chi connectivity index (χ1) is 13.0. The number of halogens is 2. The fraction of sp³-hybridized carbons (Fsp3) is 0.476. The number of hydrogen-bond acceptors (Lipinski definition) is 3. The van der Waals surface area contributed by atoms with Crippen LogP contribution in [-0.4, -0.2) is 41.9 Å². The SMILES string of the molecule is Cc1occc1C(=O)N1CC[C@]2(CCCN(Cc3ccc(F)c(F)c3)C2)C1. The second-order valence-electron chi connectivity index (χ2n) is 7.93. The lowest BCUT2D eigenvalue weighted by Gasteiger charge is -2.40. The molecule has 2 saturated heterocycles. The second-order valence-corrected chi connectivity index (χ2v) is 7.93. The van der Waals surface area contributed by atoms with Crippen molar-refractivity contribution < 1.29 is 18.0 Å². The quantitative estimate of drug-likeness (QED) is 0.815. The lowest BCUT2D eigenvalue weighted by atomic mass is 9.79. The Balaban J connectivity index is 1.42. The van der Waals surface area contributed by atoms with Gasteiger partial charge in [0.15, 0.2) is 11.6 Å². The maximum Gasteiger partial charge on any atom is 0.257 e. The van der Waals surface area contributed by atoms with Gasteiger partial charge in [0.25, 0.3) is 5.91 Å². The van der Waals surface area contributed by atoms with E-state index in [1.807, 2.05) is 11.8 Å². The van der Waals surface area contributed by atoms with E-state index in [1.165, 1.54) is 12.1 Å². The third kappa shape index (κ3) is 3.63. The van der Waals surface area contributed by atoms with Crippen LogP contribution in [0.15, 0.2) is 34.9 Å². The minimum absolute atomic E-state index is 0.0378. The minimum atomic E-state index is -0.812. The molecule has 0 radical (unpaired) electrons. The van der Waals surface area contributed by atoms with Crippen molar-refractivity contribution in [3.8, 4) is 0 Å². The molecule has 1 amide bonds. The zero-order valence-corrected chi connectivity index (χ0v) is 15.5. The first kappa shape index (κ1) is 18.2. The standard InChI is InChI=1S/C21H24F2N2O2/c1-15-17(5-10-27-15)20(26)25-9-7-21(14-25)6-2-8-24(13-21)12-16-3-4-18(22)19(23)11-16/h3-5,10-11H,2,6-9,12-14H2,1H3/t21-/m0/s1. The summed E-state index contributed by atoms with van der Waals surface area (Å²) < 4.78 is 31.9. The van der Waals surface area contributed by atoms with Crippen LogP contribution in [0.4, 0.5) is 8.78 Å². The van der Waals surface area contributed by atoms with E-state index in [1.54, 1.807) is 18.4 Å². The van der Waals surface area contributed by atoms with Crippen molar-refractivity contribution in [2.45, 2.75) is 32.7 Å². The normalized spacial score (nSPS) is 23.3. The molecular formula is C21H24F2N2O2. The second kappa shape index (κ2) is 7.08. The average molecular weight is 374 g/mol. The van der Waals surface area contributed by atoms with Crippen LogP contribution in [0.5, 0.6) is 0 Å². The van der Waals surface area contributed by atoms with E-state index in [0.717, 1.165) is 51.0 Å². The Morgan fingerprint density at radius 2 is 2.00 bits per heavy atom. The number of carbonyl (C=O) groups is 1. The molecule has 4 rings (SSSR count). The van der Waals surface area contributed by atoms with Gasteiger partial charge in [0, 0.05) is 31.6 Å². The summed E-state index contributed by atoms with van der Waals surface area (Å²) in [4.78, 5) is 17.0. The summed E-state index contributed by atoms with van der Waals surface area (Å²) in [6, 6.07) is 5.85. The van der Waals surface area contributed by atoms with Crippen molar-refractivity contribution in [1.29, 1.82) is 0 Å². The Hall–Kier alpha value is -2.21. The highest BCUT2D eigenvalue weighted by Crippen LogP contribution is 2.40. The first-order valence-electron chi connectivity index (χ1n) is 9.45. The van der Waals surface area contributed by atoms with Gasteiger partial charge in [0.1, 0.15) is 5.76 Å². The molecule has 1 atom stereocenters. The molecule has 6 heteroatoms. The molecule has 2 aliphatic heterocycles. The van der Waals surface area contributed by atoms with E-state index in [9.17, 15) is 13.6 Å². The average Bonchev–Trinajstić information content (AvgIpc) is 3.24. The summed E-state index contributed by atoms with van der Waals surface area (Å²) in [5.74, 6) is -0.916. The number of likely N-dealkylation sites (tertiary alicyclic amines) is 2. The monoisotopic (exact) mass is 374 g/mol. The highest BCUT2D eigenvalue weighted by Gasteiger charge is 2.43. The number of carbonyl (C=O) groups excluding carboxylic acids is 1. The van der Waals surface area contributed by atoms with Crippen LogP contribution in [-0.2, 0) is 6.54 Å². The number of piperidine rings is 1. The fourth-order valence-corrected chi connectivity index (χ4v) is 4.56. The van der Waals surface area contributed by atoms with E-state index < -0.39 is 11.6 Å². The van der Waals surface area contributed by atoms with Crippen LogP contribution >= 0.6 is 0 Å². The third-order valence-electron chi connectivity index (χ3n) is 5.95. The first-order valence-corrected chi connectivity index (χ1v) is 9.45. The Morgan fingerprint density at radius 1 is 1.15 bits per heavy atom. The number of amides is 1. The fourth-order valence-electron chi connectivity index (χ4n) is 4.56. The van der Waals surface area contributed by atoms with Gasteiger partial charge < -0.3 is 9.32 Å². The number of benzene rings is 1. The molecule has 1 spiro atoms. The third-order valence-corrected chi connectivity index (χ3v) is 5.95. The Morgan fingerprint density at radius 3 is 2.74 bits per heavy atom. The van der Waals surface area contributed by atoms with Crippen LogP contribution in [0, 0.1) is 24.0 Å². The molecular weight excluding hydrogens is 350 g/mol. The van der Waals surface area contributed by atoms with Gasteiger partial charge in [-0.15, -0.1) is 0 Å². The van der Waals surface area contributed by atoms with Crippen LogP contribution < -0.4 is 0 Å². The van der Waals surface area contributed by atoms with Gasteiger partial charge in [0.05, 0.1) is 11.8 Å². The van der Waals surface area contributed by atoms with Gasteiger partial charge in [-0.2, -0.15) is 0 Å². The van der Waals surface area contributed by atoms with Crippen LogP contribution in [0.1, 0.15) is 40.9 Å². The zero-order valence-electron chi connectivity index (χ0n) is 15.5. The molecule has 27 heavy (non-hydrogen) atoms. The molecule has 144 valence electrons. The van der Waals surface area contributed by atoms with Crippen molar-refractivity contribution in [1.82, 2.24) is 9.80 Å². The summed E-state index contributed by atoms with van der Waals surface area (Å²) >= 11 is 0. The topological polar surface area (TPSA) is 36.7 Å². The van der Waals surface area contributed by atoms with Crippen LogP contribution in [0.3, 0.4) is 0 Å². The van der Waals surface area contributed by atoms with Gasteiger partial charge in [-0.25, -0.2) is 8.78 Å². The van der Waals surface area contributed by atoms with Crippen molar-refractivity contribution >= 4 is 5.91 Å². The smallest absolute Gasteiger partial charge is 0.257 e. The van der Waals surface area contributed by atoms with Crippen molar-refractivity contribution in [2.75, 3.05) is 26.2 Å². The molecule has 1 aromatic carbocycles. The molecule has 0 aliphatic carbocycles. The molecule has 0 bridgehead atoms. The van der Waals surface area contributed by atoms with E-state index in [2.05, 4.69) is 4.90 Å². The highest BCUT2D eigenvalue weighted by molar-refractivity contribution is 5.95. The molecule has 2 aliphatic rings. The summed E-state index contributed by atoms with van der Waals surface area (Å²) in [6.45, 7) is 5.72. The predicted molar refractivity (Wildman–Crippen MR) is 97.3 cm³/mol. The summed E-state index contributed by atoms with van der Waals surface area (Å²) in [5.41, 5.74) is 1.51. The van der Waals surface area contributed by atoms with Gasteiger partial charge in [0.2, 0.25) is 0 Å². The lowest BCUT2D eigenvalue weighted by molar-refractivity contribution is 0.0674. The van der Waals surface area contributed by atoms with E-state index in [0.29, 0.717) is 17.9 Å². The molecule has 0 saturated carbocycles. The molecule has 1 aromatic heterocycles. The van der Waals surface area contributed by atoms with E-state index in [-0.39, 0.29) is 11.3 Å². The maximum atomic E-state index is 13.5. The van der Waals surface area contributed by atoms with Crippen molar-refractivity contribution in [3.63, 3.8) is 0 Å². The number of aryl methyl sites for hydroxylation is 1. The van der Waals surface area contributed by atoms with Crippen molar-refractivity contribution in [3.05, 3.63) is 59.1 Å². The minimum Gasteiger partial charge on any atom is -0.469 e. The van der Waals surface area contributed by atoms with Crippen LogP contribution in [0.2, 0.25) is 0 Å². The van der Waals surface area contributed by atoms with E-state index >= 15 is 0 Å². The van der Waals surface area contributed by atoms with Crippen molar-refractivity contribution in [2.24, 2.45) is 5.41 Å². The largest absolute Gasteiger partial charge is 0.469 e. The molecule has 0 N–H and O–H groups in total. The van der Waals surface area contributed by atoms with Crippen LogP contribution in [0.25, 0.3) is 0 Å². The number of nitrogens with zero attached hydrogens (tertiary/aromatic N) is 2. The molecule has 0 unspecified atom stereocenters. The molecule has 2 aromatic rings. The van der Waals surface area contributed by atoms with Gasteiger partial charge >= 0.3 is 0 Å². The highest BCUT2D eigenvalue weighted by atomic mass is 19.2. The number of rotatable bonds is 3. The maximum absolute atomic E-state index is 13.5. The Kier molecular flexibility index (Phi) is 4.76. The zero-order chi connectivity index (χ0) is 19.0. The summed E-state index contributed by atoms with van der Waals surface area (Å²) in [5, 5.41) is 0. The summed E-state index contributed by atoms with van der Waals surface area (Å²) in [6.07, 6.45) is 4.67. The lowest BCUT2D eigenvalue weighted by Crippen LogP contribution is -2.45. The number of furan rings is 1. The summed E-state index contributed by atoms with van der Waals surface area (Å²) in [7, 11) is 0. The van der Waals surface area contributed by atoms with Gasteiger partial charge in [-0.3, -0.25) is 9.69 Å². The number of hydrogen-bond donors (Lipinski definition) is 0. The molecule has 4 nitrogen and oxygen atoms in total. The Bertz CT molecular complexity index is 850. The van der Waals surface area contributed by atoms with Gasteiger partial charge in [-0.05, 0) is 56.5 Å². The predicted octanol–water partition coefficient (Wildman–Crippen LogP) is 3.99. The Labute approximate surface area is 157 Å². The van der Waals surface area contributed by atoms with E-state index in [4.69, 9.17) is 4.42 Å². The van der Waals surface area contributed by atoms with Gasteiger partial charge in [-0.1, -0.05) is 6.07 Å². The molecule has 2 fully saturated rings.